The highest BCUT2D eigenvalue weighted by atomic mass is 127. The number of carbonyl (C=O) groups excluding carboxylic acids is 1. The number of nitrogens with zero attached hydrogens (tertiary/aromatic N) is 3. The molecular weight excluding hydrogens is 507 g/mol. The number of hydrazone groups is 1. The van der Waals surface area contributed by atoms with Crippen LogP contribution in [0.5, 0.6) is 5.75 Å². The lowest BCUT2D eigenvalue weighted by Crippen LogP contribution is -2.19. The van der Waals surface area contributed by atoms with Gasteiger partial charge >= 0.3 is 0 Å². The summed E-state index contributed by atoms with van der Waals surface area (Å²) in [6.07, 6.45) is 1.40. The van der Waals surface area contributed by atoms with E-state index in [2.05, 4.69) is 36.4 Å². The van der Waals surface area contributed by atoms with E-state index in [1.165, 1.54) is 18.0 Å². The fourth-order valence-corrected chi connectivity index (χ4v) is 4.07. The van der Waals surface area contributed by atoms with Crippen molar-refractivity contribution >= 4 is 62.4 Å². The Morgan fingerprint density at radius 2 is 2.04 bits per heavy atom. The van der Waals surface area contributed by atoms with E-state index >= 15 is 0 Å². The van der Waals surface area contributed by atoms with Crippen molar-refractivity contribution in [1.82, 2.24) is 15.4 Å². The molecule has 0 fully saturated rings. The minimum Gasteiger partial charge on any atom is -0.506 e. The van der Waals surface area contributed by atoms with E-state index in [4.69, 9.17) is 0 Å². The van der Waals surface area contributed by atoms with E-state index < -0.39 is 0 Å². The van der Waals surface area contributed by atoms with Gasteiger partial charge in [-0.1, -0.05) is 27.7 Å². The zero-order chi connectivity index (χ0) is 17.7. The van der Waals surface area contributed by atoms with Gasteiger partial charge in [-0.25, -0.2) is 15.4 Å². The number of aryl methyl sites for hydroxylation is 2. The number of amides is 1. The molecular formula is C15H14BrIN4O2S. The van der Waals surface area contributed by atoms with E-state index in [-0.39, 0.29) is 17.4 Å². The van der Waals surface area contributed by atoms with Crippen LogP contribution in [0.15, 0.2) is 32.9 Å². The van der Waals surface area contributed by atoms with Gasteiger partial charge in [-0.15, -0.1) is 0 Å². The van der Waals surface area contributed by atoms with Gasteiger partial charge in [0.15, 0.2) is 5.16 Å². The second-order valence-electron chi connectivity index (χ2n) is 4.84. The summed E-state index contributed by atoms with van der Waals surface area (Å²) in [7, 11) is 0. The minimum atomic E-state index is -0.275. The zero-order valence-corrected chi connectivity index (χ0v) is 17.4. The number of phenols is 1. The van der Waals surface area contributed by atoms with Crippen LogP contribution in [0.25, 0.3) is 0 Å². The van der Waals surface area contributed by atoms with Crippen LogP contribution in [0, 0.1) is 17.4 Å². The molecule has 2 rings (SSSR count). The van der Waals surface area contributed by atoms with E-state index in [1.807, 2.05) is 42.5 Å². The Balaban J connectivity index is 1.91. The molecule has 1 aromatic heterocycles. The van der Waals surface area contributed by atoms with Crippen molar-refractivity contribution in [2.45, 2.75) is 19.0 Å². The number of rotatable bonds is 5. The molecule has 0 aliphatic rings. The number of phenolic OH excluding ortho intramolecular Hbond substituents is 1. The van der Waals surface area contributed by atoms with Crippen molar-refractivity contribution < 1.29 is 9.90 Å². The highest BCUT2D eigenvalue weighted by molar-refractivity contribution is 14.1. The normalized spacial score (nSPS) is 11.0. The molecule has 0 spiro atoms. The second kappa shape index (κ2) is 8.77. The molecule has 6 nitrogen and oxygen atoms in total. The number of carbonyl (C=O) groups is 1. The lowest BCUT2D eigenvalue weighted by atomic mass is 10.2. The molecule has 1 amide bonds. The average Bonchev–Trinajstić information content (AvgIpc) is 2.49. The van der Waals surface area contributed by atoms with Crippen molar-refractivity contribution in [3.63, 3.8) is 0 Å². The topological polar surface area (TPSA) is 87.5 Å². The predicted molar refractivity (Wildman–Crippen MR) is 106 cm³/mol. The third kappa shape index (κ3) is 5.71. The van der Waals surface area contributed by atoms with Crippen molar-refractivity contribution in [1.29, 1.82) is 0 Å². The molecule has 0 radical (unpaired) electrons. The summed E-state index contributed by atoms with van der Waals surface area (Å²) in [6, 6.07) is 5.37. The van der Waals surface area contributed by atoms with Crippen LogP contribution >= 0.6 is 50.3 Å². The van der Waals surface area contributed by atoms with E-state index in [9.17, 15) is 9.90 Å². The number of aromatic hydroxyl groups is 1. The maximum atomic E-state index is 11.8. The van der Waals surface area contributed by atoms with Gasteiger partial charge in [0, 0.05) is 21.4 Å². The molecule has 1 heterocycles. The fraction of sp³-hybridized carbons (Fsp3) is 0.200. The van der Waals surface area contributed by atoms with Crippen LogP contribution < -0.4 is 5.43 Å². The van der Waals surface area contributed by atoms with E-state index in [0.29, 0.717) is 14.3 Å². The number of hydrogen-bond acceptors (Lipinski definition) is 6. The Morgan fingerprint density at radius 3 is 2.71 bits per heavy atom. The number of hydrogen-bond donors (Lipinski definition) is 2. The number of aromatic nitrogens is 2. The van der Waals surface area contributed by atoms with Crippen LogP contribution in [0.3, 0.4) is 0 Å². The molecule has 24 heavy (non-hydrogen) atoms. The predicted octanol–water partition coefficient (Wildman–Crippen LogP) is 3.41. The molecule has 1 aromatic carbocycles. The van der Waals surface area contributed by atoms with Crippen LogP contribution in [0.2, 0.25) is 0 Å². The highest BCUT2D eigenvalue weighted by Gasteiger charge is 2.07. The number of benzene rings is 1. The summed E-state index contributed by atoms with van der Waals surface area (Å²) in [6.45, 7) is 3.77. The second-order valence-corrected chi connectivity index (χ2v) is 7.86. The maximum Gasteiger partial charge on any atom is 0.250 e. The highest BCUT2D eigenvalue weighted by Crippen LogP contribution is 2.27. The molecule has 0 aliphatic heterocycles. The van der Waals surface area contributed by atoms with Crippen LogP contribution in [-0.4, -0.2) is 32.9 Å². The van der Waals surface area contributed by atoms with E-state index in [1.54, 1.807) is 12.1 Å². The molecule has 0 bridgehead atoms. The van der Waals surface area contributed by atoms with Gasteiger partial charge in [0.05, 0.1) is 15.5 Å². The summed E-state index contributed by atoms with van der Waals surface area (Å²) in [4.78, 5) is 20.3. The Kier molecular flexibility index (Phi) is 6.99. The van der Waals surface area contributed by atoms with Crippen LogP contribution in [-0.2, 0) is 4.79 Å². The lowest BCUT2D eigenvalue weighted by Gasteiger charge is -2.04. The average molecular weight is 521 g/mol. The first-order chi connectivity index (χ1) is 11.3. The molecule has 126 valence electrons. The summed E-state index contributed by atoms with van der Waals surface area (Å²) in [5.74, 6) is 0.000367. The summed E-state index contributed by atoms with van der Waals surface area (Å²) < 4.78 is 1.51. The molecule has 2 N–H and O–H groups in total. The first kappa shape index (κ1) is 19.1. The smallest absolute Gasteiger partial charge is 0.250 e. The maximum absolute atomic E-state index is 11.8. The van der Waals surface area contributed by atoms with Crippen molar-refractivity contribution in [3.8, 4) is 5.75 Å². The standard InChI is InChI=1S/C15H14BrIN4O2S/c1-8-3-9(2)20-15(19-8)24-7-13(22)21-18-6-10-4-11(16)5-12(17)14(10)23/h3-6,23H,7H2,1-2H3,(H,21,22)/b18-6-. The lowest BCUT2D eigenvalue weighted by molar-refractivity contribution is -0.118. The third-order valence-electron chi connectivity index (χ3n) is 2.74. The molecule has 2 aromatic rings. The minimum absolute atomic E-state index is 0.120. The van der Waals surface area contributed by atoms with Crippen molar-refractivity contribution in [2.24, 2.45) is 5.10 Å². The molecule has 0 unspecified atom stereocenters. The van der Waals surface area contributed by atoms with Gasteiger partial charge in [0.25, 0.3) is 5.91 Å². The first-order valence-corrected chi connectivity index (χ1v) is 9.66. The largest absolute Gasteiger partial charge is 0.506 e. The number of halogens is 2. The van der Waals surface area contributed by atoms with E-state index in [0.717, 1.165) is 15.9 Å². The summed E-state index contributed by atoms with van der Waals surface area (Å²) >= 11 is 6.61. The zero-order valence-electron chi connectivity index (χ0n) is 12.9. The number of thioether (sulfide) groups is 1. The van der Waals surface area contributed by atoms with Gasteiger partial charge < -0.3 is 5.11 Å². The molecule has 0 atom stereocenters. The van der Waals surface area contributed by atoms with Gasteiger partial charge in [0.2, 0.25) is 0 Å². The summed E-state index contributed by atoms with van der Waals surface area (Å²) in [5, 5.41) is 14.4. The molecule has 0 saturated heterocycles. The van der Waals surface area contributed by atoms with Gasteiger partial charge in [-0.2, -0.15) is 5.10 Å². The monoisotopic (exact) mass is 520 g/mol. The van der Waals surface area contributed by atoms with Crippen molar-refractivity contribution in [3.05, 3.63) is 43.2 Å². The number of nitrogens with one attached hydrogen (secondary N) is 1. The molecule has 9 heteroatoms. The van der Waals surface area contributed by atoms with Crippen LogP contribution in [0.1, 0.15) is 17.0 Å². The Labute approximate surface area is 165 Å². The van der Waals surface area contributed by atoms with Gasteiger partial charge in [0.1, 0.15) is 5.75 Å². The van der Waals surface area contributed by atoms with Crippen molar-refractivity contribution in [2.75, 3.05) is 5.75 Å². The Morgan fingerprint density at radius 1 is 1.38 bits per heavy atom. The SMILES string of the molecule is Cc1cc(C)nc(SCC(=O)N/N=C\c2cc(Br)cc(I)c2O)n1. The summed E-state index contributed by atoms with van der Waals surface area (Å²) in [5.41, 5.74) is 4.66. The first-order valence-electron chi connectivity index (χ1n) is 6.80. The molecule has 0 saturated carbocycles. The quantitative estimate of drug-likeness (QED) is 0.207. The third-order valence-corrected chi connectivity index (χ3v) is 4.87. The van der Waals surface area contributed by atoms with Gasteiger partial charge in [-0.3, -0.25) is 4.79 Å². The van der Waals surface area contributed by atoms with Crippen LogP contribution in [0.4, 0.5) is 0 Å². The Bertz CT molecular complexity index is 781. The molecule has 0 aliphatic carbocycles. The van der Waals surface area contributed by atoms with Gasteiger partial charge in [-0.05, 0) is 54.6 Å². The fourth-order valence-electron chi connectivity index (χ4n) is 1.78. The Hall–Kier alpha value is -1.20.